The number of hydrogen-bond donors (Lipinski definition) is 3. The summed E-state index contributed by atoms with van der Waals surface area (Å²) >= 11 is 3.57. The highest BCUT2D eigenvalue weighted by molar-refractivity contribution is 9.10. The molecule has 2 aromatic carbocycles. The van der Waals surface area contributed by atoms with Crippen LogP contribution in [0.1, 0.15) is 49.7 Å². The number of anilines is 1. The van der Waals surface area contributed by atoms with E-state index in [4.69, 9.17) is 9.47 Å². The quantitative estimate of drug-likeness (QED) is 0.318. The highest BCUT2D eigenvalue weighted by Gasteiger charge is 2.31. The molecule has 1 unspecified atom stereocenters. The van der Waals surface area contributed by atoms with Crippen LogP contribution in [0.25, 0.3) is 22.5 Å². The molecule has 4 aromatic rings. The zero-order valence-corrected chi connectivity index (χ0v) is 20.0. The molecule has 1 saturated carbocycles. The van der Waals surface area contributed by atoms with E-state index >= 15 is 0 Å². The van der Waals surface area contributed by atoms with Crippen LogP contribution in [0, 0.1) is 0 Å². The molecular formula is C25H24BrN5O3. The first-order valence-electron chi connectivity index (χ1n) is 11.5. The summed E-state index contributed by atoms with van der Waals surface area (Å²) in [5.74, 6) is 1.13. The van der Waals surface area contributed by atoms with Gasteiger partial charge in [-0.3, -0.25) is 9.55 Å². The molecule has 1 fully saturated rings. The Morgan fingerprint density at radius 2 is 1.97 bits per heavy atom. The fraction of sp³-hybridized carbons (Fsp3) is 0.280. The third-order valence-electron chi connectivity index (χ3n) is 6.44. The lowest BCUT2D eigenvalue weighted by molar-refractivity contribution is -0.0178. The van der Waals surface area contributed by atoms with E-state index in [9.17, 15) is 4.79 Å². The fourth-order valence-electron chi connectivity index (χ4n) is 4.74. The van der Waals surface area contributed by atoms with Gasteiger partial charge in [0.2, 0.25) is 0 Å². The van der Waals surface area contributed by atoms with E-state index in [2.05, 4.69) is 36.2 Å². The molecule has 3 N–H and O–H groups in total. The summed E-state index contributed by atoms with van der Waals surface area (Å²) in [6.07, 6.45) is 8.38. The molecular weight excluding hydrogens is 498 g/mol. The average Bonchev–Trinajstić information content (AvgIpc) is 3.58. The zero-order valence-electron chi connectivity index (χ0n) is 18.4. The van der Waals surface area contributed by atoms with E-state index in [0.29, 0.717) is 29.0 Å². The van der Waals surface area contributed by atoms with E-state index < -0.39 is 6.29 Å². The summed E-state index contributed by atoms with van der Waals surface area (Å²) in [6, 6.07) is 13.8. The van der Waals surface area contributed by atoms with E-state index in [1.165, 1.54) is 19.3 Å². The van der Waals surface area contributed by atoms with Crippen molar-refractivity contribution in [2.45, 2.75) is 44.4 Å². The van der Waals surface area contributed by atoms with Gasteiger partial charge < -0.3 is 19.8 Å². The summed E-state index contributed by atoms with van der Waals surface area (Å²) in [6.45, 7) is 0. The molecule has 2 aliphatic rings. The van der Waals surface area contributed by atoms with E-state index in [0.717, 1.165) is 33.9 Å². The lowest BCUT2D eigenvalue weighted by Gasteiger charge is -2.23. The van der Waals surface area contributed by atoms with Crippen LogP contribution in [-0.2, 0) is 9.47 Å². The second kappa shape index (κ2) is 8.72. The predicted octanol–water partition coefficient (Wildman–Crippen LogP) is 5.59. The number of aromatic amines is 2. The van der Waals surface area contributed by atoms with E-state index in [-0.39, 0.29) is 5.69 Å². The molecule has 6 rings (SSSR count). The Morgan fingerprint density at radius 1 is 1.12 bits per heavy atom. The second-order valence-electron chi connectivity index (χ2n) is 8.66. The SMILES string of the molecule is O=c1[nH]c(NC2CCCCC2)c(C2=COC(c3ccccc3Br)O2)n1-c1ccc2nc[nH]c2c1. The molecule has 0 amide bonds. The van der Waals surface area contributed by atoms with E-state index in [1.54, 1.807) is 17.2 Å². The number of aromatic nitrogens is 4. The standard InChI is InChI=1S/C25H24BrN5O3/c26-18-9-5-4-8-17(18)24-33-13-21(34-24)22-23(29-15-6-2-1-3-7-15)30-25(32)31(22)16-10-11-19-20(12-16)28-14-27-19/h4-5,8-15,24,29H,1-3,6-7H2,(H,27,28)(H,30,32). The average molecular weight is 522 g/mol. The lowest BCUT2D eigenvalue weighted by atomic mass is 9.95. The summed E-state index contributed by atoms with van der Waals surface area (Å²) in [7, 11) is 0. The minimum absolute atomic E-state index is 0.249. The molecule has 9 heteroatoms. The third kappa shape index (κ3) is 3.79. The van der Waals surface area contributed by atoms with Crippen LogP contribution in [0.3, 0.4) is 0 Å². The molecule has 0 saturated heterocycles. The molecule has 174 valence electrons. The molecule has 34 heavy (non-hydrogen) atoms. The van der Waals surface area contributed by atoms with Crippen molar-refractivity contribution in [1.29, 1.82) is 0 Å². The van der Waals surface area contributed by atoms with Gasteiger partial charge in [0.15, 0.2) is 5.76 Å². The second-order valence-corrected chi connectivity index (χ2v) is 9.52. The topological polar surface area (TPSA) is 97.0 Å². The van der Waals surface area contributed by atoms with Crippen LogP contribution < -0.4 is 11.0 Å². The Labute approximate surface area is 204 Å². The number of rotatable bonds is 5. The van der Waals surface area contributed by atoms with Gasteiger partial charge in [-0.25, -0.2) is 9.78 Å². The van der Waals surface area contributed by atoms with Crippen molar-refractivity contribution < 1.29 is 9.47 Å². The monoisotopic (exact) mass is 521 g/mol. The van der Waals surface area contributed by atoms with Gasteiger partial charge in [-0.2, -0.15) is 0 Å². The fourth-order valence-corrected chi connectivity index (χ4v) is 5.21. The van der Waals surface area contributed by atoms with Crippen molar-refractivity contribution in [3.8, 4) is 5.69 Å². The molecule has 0 spiro atoms. The molecule has 3 heterocycles. The molecule has 1 atom stereocenters. The first-order chi connectivity index (χ1) is 16.7. The third-order valence-corrected chi connectivity index (χ3v) is 7.16. The van der Waals surface area contributed by atoms with Gasteiger partial charge in [-0.05, 0) is 37.1 Å². The number of hydrogen-bond acceptors (Lipinski definition) is 5. The molecule has 2 aromatic heterocycles. The van der Waals surface area contributed by atoms with Gasteiger partial charge in [0, 0.05) is 16.1 Å². The van der Waals surface area contributed by atoms with Crippen molar-refractivity contribution in [3.05, 3.63) is 81.3 Å². The summed E-state index contributed by atoms with van der Waals surface area (Å²) in [5.41, 5.74) is 3.63. The number of nitrogens with one attached hydrogen (secondary N) is 3. The highest BCUT2D eigenvalue weighted by Crippen LogP contribution is 2.39. The largest absolute Gasteiger partial charge is 0.454 e. The van der Waals surface area contributed by atoms with Crippen LogP contribution in [-0.4, -0.2) is 25.6 Å². The van der Waals surface area contributed by atoms with Gasteiger partial charge >= 0.3 is 5.69 Å². The van der Waals surface area contributed by atoms with Crippen LogP contribution in [0.2, 0.25) is 0 Å². The van der Waals surface area contributed by atoms with Crippen molar-refractivity contribution in [1.82, 2.24) is 19.5 Å². The van der Waals surface area contributed by atoms with Crippen molar-refractivity contribution in [2.75, 3.05) is 5.32 Å². The molecule has 0 radical (unpaired) electrons. The maximum Gasteiger partial charge on any atom is 0.332 e. The highest BCUT2D eigenvalue weighted by atomic mass is 79.9. The van der Waals surface area contributed by atoms with Gasteiger partial charge in [-0.15, -0.1) is 0 Å². The number of halogens is 1. The Bertz CT molecular complexity index is 1430. The van der Waals surface area contributed by atoms with Gasteiger partial charge in [-0.1, -0.05) is 53.4 Å². The molecule has 1 aliphatic carbocycles. The number of imidazole rings is 2. The number of ether oxygens (including phenoxy) is 2. The summed E-state index contributed by atoms with van der Waals surface area (Å²) < 4.78 is 14.7. The van der Waals surface area contributed by atoms with E-state index in [1.807, 2.05) is 42.5 Å². The van der Waals surface area contributed by atoms with Crippen molar-refractivity contribution in [3.63, 3.8) is 0 Å². The molecule has 8 nitrogen and oxygen atoms in total. The maximum atomic E-state index is 13.3. The van der Waals surface area contributed by atoms with Crippen LogP contribution in [0.4, 0.5) is 5.82 Å². The van der Waals surface area contributed by atoms with Crippen LogP contribution >= 0.6 is 15.9 Å². The Morgan fingerprint density at radius 3 is 2.82 bits per heavy atom. The number of fused-ring (bicyclic) bond motifs is 1. The number of benzene rings is 2. The maximum absolute atomic E-state index is 13.3. The van der Waals surface area contributed by atoms with Crippen LogP contribution in [0.5, 0.6) is 0 Å². The zero-order chi connectivity index (χ0) is 23.1. The molecule has 1 aliphatic heterocycles. The van der Waals surface area contributed by atoms with Crippen molar-refractivity contribution >= 4 is 38.5 Å². The Kier molecular flexibility index (Phi) is 5.41. The lowest BCUT2D eigenvalue weighted by Crippen LogP contribution is -2.23. The first kappa shape index (κ1) is 21.1. The smallest absolute Gasteiger partial charge is 0.332 e. The molecule has 0 bridgehead atoms. The number of nitrogens with zero attached hydrogens (tertiary/aromatic N) is 2. The van der Waals surface area contributed by atoms with Crippen molar-refractivity contribution in [2.24, 2.45) is 0 Å². The van der Waals surface area contributed by atoms with Gasteiger partial charge in [0.25, 0.3) is 6.29 Å². The minimum atomic E-state index is -0.610. The normalized spacial score (nSPS) is 18.5. The van der Waals surface area contributed by atoms with Gasteiger partial charge in [0.05, 0.1) is 23.0 Å². The van der Waals surface area contributed by atoms with Gasteiger partial charge in [0.1, 0.15) is 17.8 Å². The summed E-state index contributed by atoms with van der Waals surface area (Å²) in [5, 5.41) is 3.57. The minimum Gasteiger partial charge on any atom is -0.454 e. The number of H-pyrrole nitrogens is 2. The Hall–Kier alpha value is -3.46. The summed E-state index contributed by atoms with van der Waals surface area (Å²) in [4.78, 5) is 23.7. The Balaban J connectivity index is 1.42. The predicted molar refractivity (Wildman–Crippen MR) is 134 cm³/mol. The first-order valence-corrected chi connectivity index (χ1v) is 12.3. The van der Waals surface area contributed by atoms with Crippen LogP contribution in [0.15, 0.2) is 64.3 Å².